The number of rotatable bonds is 5. The molecule has 3 aromatic rings. The molecule has 144 valence electrons. The van der Waals surface area contributed by atoms with E-state index in [1.165, 1.54) is 6.33 Å². The molecule has 2 atom stereocenters. The molecule has 3 heterocycles. The molecule has 7 nitrogen and oxygen atoms in total. The van der Waals surface area contributed by atoms with Gasteiger partial charge < -0.3 is 9.64 Å². The molecule has 28 heavy (non-hydrogen) atoms. The number of aromatic nitrogens is 4. The molecule has 0 radical (unpaired) electrons. The number of ether oxygens (including phenoxy) is 1. The third-order valence-corrected chi connectivity index (χ3v) is 5.21. The Morgan fingerprint density at radius 3 is 2.75 bits per heavy atom. The molecule has 0 N–H and O–H groups in total. The van der Waals surface area contributed by atoms with Crippen LogP contribution in [0.25, 0.3) is 11.4 Å². The van der Waals surface area contributed by atoms with Gasteiger partial charge in [-0.1, -0.05) is 30.3 Å². The van der Waals surface area contributed by atoms with Crippen molar-refractivity contribution in [3.63, 3.8) is 0 Å². The minimum atomic E-state index is -0.116. The van der Waals surface area contributed by atoms with E-state index < -0.39 is 0 Å². The minimum absolute atomic E-state index is 0.0656. The van der Waals surface area contributed by atoms with Crippen molar-refractivity contribution >= 4 is 5.95 Å². The lowest BCUT2D eigenvalue weighted by Gasteiger charge is -2.38. The zero-order chi connectivity index (χ0) is 19.5. The first-order chi connectivity index (χ1) is 13.7. The molecule has 1 unspecified atom stereocenters. The molecule has 0 fully saturated rings. The van der Waals surface area contributed by atoms with Gasteiger partial charge in [0.25, 0.3) is 5.56 Å². The Morgan fingerprint density at radius 1 is 1.21 bits per heavy atom. The normalized spacial score (nSPS) is 17.2. The summed E-state index contributed by atoms with van der Waals surface area (Å²) in [4.78, 5) is 27.9. The summed E-state index contributed by atoms with van der Waals surface area (Å²) in [5.74, 6) is 0.665. The average molecular weight is 377 g/mol. The number of nitrogens with zero attached hydrogens (tertiary/aromatic N) is 5. The molecule has 4 rings (SSSR count). The van der Waals surface area contributed by atoms with Crippen LogP contribution in [0.1, 0.15) is 25.0 Å². The molecule has 0 saturated carbocycles. The van der Waals surface area contributed by atoms with Crippen LogP contribution >= 0.6 is 0 Å². The Labute approximate surface area is 163 Å². The van der Waals surface area contributed by atoms with E-state index >= 15 is 0 Å². The first-order valence-corrected chi connectivity index (χ1v) is 9.40. The Bertz CT molecular complexity index is 991. The average Bonchev–Trinajstić information content (AvgIpc) is 2.74. The van der Waals surface area contributed by atoms with Crippen LogP contribution < -0.4 is 10.5 Å². The second kappa shape index (κ2) is 7.90. The fraction of sp³-hybridized carbons (Fsp3) is 0.333. The lowest BCUT2D eigenvalue weighted by Crippen LogP contribution is -2.46. The van der Waals surface area contributed by atoms with Crippen molar-refractivity contribution in [1.82, 2.24) is 19.5 Å². The molecule has 0 amide bonds. The topological polar surface area (TPSA) is 73.1 Å². The summed E-state index contributed by atoms with van der Waals surface area (Å²) < 4.78 is 7.51. The summed E-state index contributed by atoms with van der Waals surface area (Å²) in [5, 5.41) is 0. The largest absolute Gasteiger partial charge is 0.375 e. The monoisotopic (exact) mass is 377 g/mol. The van der Waals surface area contributed by atoms with Crippen LogP contribution in [-0.2, 0) is 11.3 Å². The summed E-state index contributed by atoms with van der Waals surface area (Å²) in [7, 11) is 1.71. The van der Waals surface area contributed by atoms with E-state index in [2.05, 4.69) is 33.9 Å². The van der Waals surface area contributed by atoms with Gasteiger partial charge in [0.05, 0.1) is 24.0 Å². The number of methoxy groups -OCH3 is 1. The summed E-state index contributed by atoms with van der Waals surface area (Å²) >= 11 is 0. The number of fused-ring (bicyclic) bond motifs is 1. The van der Waals surface area contributed by atoms with Crippen molar-refractivity contribution in [3.8, 4) is 11.4 Å². The summed E-state index contributed by atoms with van der Waals surface area (Å²) in [6, 6.07) is 13.7. The smallest absolute Gasteiger partial charge is 0.255 e. The maximum atomic E-state index is 12.8. The first-order valence-electron chi connectivity index (χ1n) is 9.40. The van der Waals surface area contributed by atoms with Crippen molar-refractivity contribution < 1.29 is 4.74 Å². The Kier molecular flexibility index (Phi) is 5.16. The van der Waals surface area contributed by atoms with Crippen LogP contribution in [0.2, 0.25) is 0 Å². The van der Waals surface area contributed by atoms with Crippen molar-refractivity contribution in [3.05, 3.63) is 70.9 Å². The van der Waals surface area contributed by atoms with Crippen molar-refractivity contribution in [2.45, 2.75) is 32.0 Å². The molecule has 0 saturated heterocycles. The number of hydrogen-bond acceptors (Lipinski definition) is 6. The van der Waals surface area contributed by atoms with E-state index in [1.807, 2.05) is 18.2 Å². The molecule has 2 aromatic heterocycles. The molecule has 0 aliphatic carbocycles. The van der Waals surface area contributed by atoms with E-state index in [-0.39, 0.29) is 17.7 Å². The summed E-state index contributed by atoms with van der Waals surface area (Å²) in [6.07, 6.45) is 3.88. The molecule has 1 aliphatic heterocycles. The van der Waals surface area contributed by atoms with E-state index in [0.717, 1.165) is 12.0 Å². The van der Waals surface area contributed by atoms with Gasteiger partial charge in [0.1, 0.15) is 6.33 Å². The van der Waals surface area contributed by atoms with Gasteiger partial charge in [0.2, 0.25) is 5.95 Å². The highest BCUT2D eigenvalue weighted by Crippen LogP contribution is 2.28. The molecular weight excluding hydrogens is 354 g/mol. The maximum Gasteiger partial charge on any atom is 0.255 e. The molecule has 1 aromatic carbocycles. The second-order valence-electron chi connectivity index (χ2n) is 6.95. The highest BCUT2D eigenvalue weighted by Gasteiger charge is 2.28. The highest BCUT2D eigenvalue weighted by atomic mass is 16.5. The summed E-state index contributed by atoms with van der Waals surface area (Å²) in [5.41, 5.74) is 2.24. The molecule has 0 bridgehead atoms. The minimum Gasteiger partial charge on any atom is -0.375 e. The van der Waals surface area contributed by atoms with E-state index in [9.17, 15) is 4.79 Å². The van der Waals surface area contributed by atoms with Crippen molar-refractivity contribution in [1.29, 1.82) is 0 Å². The van der Waals surface area contributed by atoms with Gasteiger partial charge in [-0.2, -0.15) is 0 Å². The van der Waals surface area contributed by atoms with Gasteiger partial charge in [0.15, 0.2) is 0 Å². The molecule has 1 aliphatic rings. The Morgan fingerprint density at radius 2 is 2.04 bits per heavy atom. The molecule has 0 spiro atoms. The first kappa shape index (κ1) is 18.3. The molecule has 7 heteroatoms. The van der Waals surface area contributed by atoms with Crippen LogP contribution in [0.15, 0.2) is 59.8 Å². The summed E-state index contributed by atoms with van der Waals surface area (Å²) in [6.45, 7) is 3.43. The Balaban J connectivity index is 1.74. The van der Waals surface area contributed by atoms with E-state index in [0.29, 0.717) is 30.4 Å². The zero-order valence-corrected chi connectivity index (χ0v) is 16.0. The van der Waals surface area contributed by atoms with Gasteiger partial charge >= 0.3 is 0 Å². The maximum absolute atomic E-state index is 12.8. The van der Waals surface area contributed by atoms with Crippen LogP contribution in [0.3, 0.4) is 0 Å². The van der Waals surface area contributed by atoms with Crippen LogP contribution in [0.5, 0.6) is 0 Å². The van der Waals surface area contributed by atoms with Crippen LogP contribution in [0.4, 0.5) is 5.95 Å². The third-order valence-electron chi connectivity index (χ3n) is 5.21. The molecular formula is C21H23N5O2. The van der Waals surface area contributed by atoms with Crippen molar-refractivity contribution in [2.24, 2.45) is 0 Å². The number of anilines is 1. The SMILES string of the molecule is CO[C@@H](CN1c2nc(-c3ccncn3)cc(=O)n2CCC1C)c1ccccc1. The lowest BCUT2D eigenvalue weighted by atomic mass is 10.1. The predicted octanol–water partition coefficient (Wildman–Crippen LogP) is 2.69. The lowest BCUT2D eigenvalue weighted by molar-refractivity contribution is 0.105. The van der Waals surface area contributed by atoms with Gasteiger partial charge in [-0.25, -0.2) is 15.0 Å². The number of hydrogen-bond donors (Lipinski definition) is 0. The van der Waals surface area contributed by atoms with Crippen molar-refractivity contribution in [2.75, 3.05) is 18.6 Å². The second-order valence-corrected chi connectivity index (χ2v) is 6.95. The van der Waals surface area contributed by atoms with Gasteiger partial charge in [-0.3, -0.25) is 9.36 Å². The van der Waals surface area contributed by atoms with Crippen LogP contribution in [0, 0.1) is 0 Å². The highest BCUT2D eigenvalue weighted by molar-refractivity contribution is 5.55. The predicted molar refractivity (Wildman–Crippen MR) is 107 cm³/mol. The Hall–Kier alpha value is -3.06. The standard InChI is InChI=1S/C21H23N5O2/c1-15-9-11-25-20(27)12-18(17-8-10-22-14-23-17)24-21(25)26(15)13-19(28-2)16-6-4-3-5-7-16/h3-8,10,12,14-15,19H,9,11,13H2,1-2H3/t15?,19-/m0/s1. The van der Waals surface area contributed by atoms with Gasteiger partial charge in [-0.15, -0.1) is 0 Å². The fourth-order valence-corrected chi connectivity index (χ4v) is 3.59. The van der Waals surface area contributed by atoms with E-state index in [4.69, 9.17) is 9.72 Å². The van der Waals surface area contributed by atoms with E-state index in [1.54, 1.807) is 30.0 Å². The van der Waals surface area contributed by atoms with Crippen LogP contribution in [-0.4, -0.2) is 39.2 Å². The fourth-order valence-electron chi connectivity index (χ4n) is 3.59. The number of benzene rings is 1. The van der Waals surface area contributed by atoms with Gasteiger partial charge in [0, 0.05) is 32.0 Å². The van der Waals surface area contributed by atoms with Gasteiger partial charge in [-0.05, 0) is 25.0 Å². The third kappa shape index (κ3) is 3.53. The quantitative estimate of drug-likeness (QED) is 0.681. The zero-order valence-electron chi connectivity index (χ0n) is 16.0.